The molecule has 0 fully saturated rings. The van der Waals surface area contributed by atoms with E-state index in [1.807, 2.05) is 12.2 Å². The summed E-state index contributed by atoms with van der Waals surface area (Å²) in [6.45, 7) is 0. The van der Waals surface area contributed by atoms with E-state index in [9.17, 15) is 4.79 Å². The van der Waals surface area contributed by atoms with Gasteiger partial charge in [0.1, 0.15) is 5.76 Å². The van der Waals surface area contributed by atoms with Crippen LogP contribution in [0.3, 0.4) is 0 Å². The van der Waals surface area contributed by atoms with Gasteiger partial charge in [0.05, 0.1) is 0 Å². The molecule has 0 saturated heterocycles. The van der Waals surface area contributed by atoms with Gasteiger partial charge in [0, 0.05) is 18.5 Å². The molecule has 0 bridgehead atoms. The average Bonchev–Trinajstić information content (AvgIpc) is 2.40. The second kappa shape index (κ2) is 7.14. The van der Waals surface area contributed by atoms with Gasteiger partial charge in [-0.2, -0.15) is 0 Å². The molecule has 2 aliphatic rings. The van der Waals surface area contributed by atoms with Crippen molar-refractivity contribution in [3.8, 4) is 0 Å². The molecule has 4 nitrogen and oxygen atoms in total. The van der Waals surface area contributed by atoms with Crippen molar-refractivity contribution in [2.75, 3.05) is 0 Å². The van der Waals surface area contributed by atoms with Crippen molar-refractivity contribution in [1.29, 1.82) is 0 Å². The second-order valence-corrected chi connectivity index (χ2v) is 5.03. The summed E-state index contributed by atoms with van der Waals surface area (Å²) in [5.74, 6) is 0.722. The molecule has 19 heavy (non-hydrogen) atoms. The van der Waals surface area contributed by atoms with Crippen LogP contribution in [0.5, 0.6) is 0 Å². The quantitative estimate of drug-likeness (QED) is 0.752. The van der Waals surface area contributed by atoms with Crippen LogP contribution in [-0.2, 0) is 4.74 Å². The van der Waals surface area contributed by atoms with Crippen molar-refractivity contribution < 1.29 is 9.53 Å². The summed E-state index contributed by atoms with van der Waals surface area (Å²) < 4.78 is 5.30. The fourth-order valence-corrected chi connectivity index (χ4v) is 2.36. The molecule has 2 atom stereocenters. The first-order valence-electron chi connectivity index (χ1n) is 7.00. The number of alkyl carbamates (subject to hydrolysis) is 1. The third kappa shape index (κ3) is 4.56. The van der Waals surface area contributed by atoms with Gasteiger partial charge in [-0.05, 0) is 38.2 Å². The summed E-state index contributed by atoms with van der Waals surface area (Å²) in [6.07, 6.45) is 15.1. The fraction of sp³-hybridized carbons (Fsp3) is 0.533. The predicted octanol–water partition coefficient (Wildman–Crippen LogP) is 2.77. The molecular formula is C15H22N2O2. The molecule has 0 saturated carbocycles. The van der Waals surface area contributed by atoms with Gasteiger partial charge >= 0.3 is 6.09 Å². The number of nitrogens with one attached hydrogen (secondary N) is 1. The molecule has 2 unspecified atom stereocenters. The Bertz CT molecular complexity index is 399. The molecule has 2 rings (SSSR count). The van der Waals surface area contributed by atoms with E-state index < -0.39 is 0 Å². The molecule has 0 radical (unpaired) electrons. The van der Waals surface area contributed by atoms with E-state index in [1.54, 1.807) is 0 Å². The topological polar surface area (TPSA) is 64.3 Å². The highest BCUT2D eigenvalue weighted by Gasteiger charge is 2.21. The molecule has 0 aromatic rings. The van der Waals surface area contributed by atoms with Gasteiger partial charge in [-0.1, -0.05) is 24.3 Å². The number of carbonyl (C=O) groups excluding carboxylic acids is 1. The largest absolute Gasteiger partial charge is 0.415 e. The molecule has 0 heterocycles. The van der Waals surface area contributed by atoms with Crippen molar-refractivity contribution >= 4 is 6.09 Å². The van der Waals surface area contributed by atoms with Crippen LogP contribution < -0.4 is 11.1 Å². The molecule has 0 aromatic carbocycles. The van der Waals surface area contributed by atoms with E-state index in [-0.39, 0.29) is 18.2 Å². The molecule has 3 N–H and O–H groups in total. The van der Waals surface area contributed by atoms with Crippen LogP contribution in [0.1, 0.15) is 38.5 Å². The highest BCUT2D eigenvalue weighted by Crippen LogP contribution is 2.15. The third-order valence-electron chi connectivity index (χ3n) is 3.50. The van der Waals surface area contributed by atoms with Crippen LogP contribution in [0.15, 0.2) is 36.1 Å². The van der Waals surface area contributed by atoms with E-state index >= 15 is 0 Å². The summed E-state index contributed by atoms with van der Waals surface area (Å²) in [5.41, 5.74) is 6.10. The first-order valence-corrected chi connectivity index (χ1v) is 7.00. The lowest BCUT2D eigenvalue weighted by atomic mass is 9.96. The van der Waals surface area contributed by atoms with E-state index in [0.717, 1.165) is 44.3 Å². The number of nitrogens with two attached hydrogens (primary N) is 1. The first-order chi connectivity index (χ1) is 9.25. The lowest BCUT2D eigenvalue weighted by Gasteiger charge is -2.25. The van der Waals surface area contributed by atoms with Gasteiger partial charge in [-0.25, -0.2) is 4.79 Å². The van der Waals surface area contributed by atoms with Crippen LogP contribution in [0, 0.1) is 0 Å². The molecule has 2 aliphatic carbocycles. The maximum absolute atomic E-state index is 11.9. The number of hydrogen-bond acceptors (Lipinski definition) is 3. The minimum atomic E-state index is -0.383. The normalized spacial score (nSPS) is 28.8. The lowest BCUT2D eigenvalue weighted by molar-refractivity contribution is 0.165. The highest BCUT2D eigenvalue weighted by atomic mass is 16.6. The molecular weight excluding hydrogens is 240 g/mol. The van der Waals surface area contributed by atoms with E-state index in [4.69, 9.17) is 10.5 Å². The number of rotatable bonds is 2. The molecule has 4 heteroatoms. The zero-order chi connectivity index (χ0) is 13.5. The summed E-state index contributed by atoms with van der Waals surface area (Å²) in [7, 11) is 0. The zero-order valence-electron chi connectivity index (χ0n) is 11.2. The summed E-state index contributed by atoms with van der Waals surface area (Å²) in [5, 5.41) is 2.90. The van der Waals surface area contributed by atoms with Crippen molar-refractivity contribution in [2.24, 2.45) is 5.73 Å². The minimum absolute atomic E-state index is 0.00210. The summed E-state index contributed by atoms with van der Waals surface area (Å²) >= 11 is 0. The number of carbonyl (C=O) groups is 1. The van der Waals surface area contributed by atoms with Crippen LogP contribution in [-0.4, -0.2) is 18.2 Å². The fourth-order valence-electron chi connectivity index (χ4n) is 2.36. The van der Waals surface area contributed by atoms with E-state index in [2.05, 4.69) is 23.5 Å². The average molecular weight is 262 g/mol. The van der Waals surface area contributed by atoms with Gasteiger partial charge in [0.15, 0.2) is 0 Å². The molecule has 0 spiro atoms. The molecule has 1 amide bonds. The van der Waals surface area contributed by atoms with Crippen LogP contribution >= 0.6 is 0 Å². The van der Waals surface area contributed by atoms with Crippen molar-refractivity contribution in [3.05, 3.63) is 36.1 Å². The van der Waals surface area contributed by atoms with E-state index in [1.165, 1.54) is 0 Å². The zero-order valence-corrected chi connectivity index (χ0v) is 11.2. The Morgan fingerprint density at radius 2 is 2.00 bits per heavy atom. The van der Waals surface area contributed by atoms with Gasteiger partial charge in [0.25, 0.3) is 0 Å². The Labute approximate surface area is 114 Å². The predicted molar refractivity (Wildman–Crippen MR) is 75.4 cm³/mol. The maximum atomic E-state index is 11.9. The standard InChI is InChI=1S/C15H22N2O2/c16-13-10-6-1-2-7-11-14(13)17-15(18)19-12-8-4-3-5-9-12/h1-4,8,13-14H,5-7,9-11,16H2,(H,17,18)/b2-1+. The van der Waals surface area contributed by atoms with Gasteiger partial charge in [-0.15, -0.1) is 0 Å². The van der Waals surface area contributed by atoms with Crippen molar-refractivity contribution in [1.82, 2.24) is 5.32 Å². The second-order valence-electron chi connectivity index (χ2n) is 5.03. The number of ether oxygens (including phenoxy) is 1. The molecule has 104 valence electrons. The van der Waals surface area contributed by atoms with Crippen LogP contribution in [0.2, 0.25) is 0 Å². The van der Waals surface area contributed by atoms with Gasteiger partial charge in [-0.3, -0.25) is 0 Å². The summed E-state index contributed by atoms with van der Waals surface area (Å²) in [6, 6.07) is -0.00471. The number of allylic oxidation sites excluding steroid dienone is 6. The van der Waals surface area contributed by atoms with Crippen molar-refractivity contribution in [3.63, 3.8) is 0 Å². The Kier molecular flexibility index (Phi) is 5.21. The minimum Gasteiger partial charge on any atom is -0.415 e. The Morgan fingerprint density at radius 1 is 1.21 bits per heavy atom. The Hall–Kier alpha value is -1.55. The SMILES string of the molecule is NC1CC/C=C/CCC1NC(=O)OC1=CC=CCC1. The Balaban J connectivity index is 1.84. The smallest absolute Gasteiger partial charge is 0.412 e. The first kappa shape index (κ1) is 13.9. The van der Waals surface area contributed by atoms with Crippen molar-refractivity contribution in [2.45, 2.75) is 50.6 Å². The Morgan fingerprint density at radius 3 is 2.74 bits per heavy atom. The summed E-state index contributed by atoms with van der Waals surface area (Å²) in [4.78, 5) is 11.9. The third-order valence-corrected chi connectivity index (χ3v) is 3.50. The number of amides is 1. The maximum Gasteiger partial charge on any atom is 0.412 e. The highest BCUT2D eigenvalue weighted by molar-refractivity contribution is 5.69. The number of hydrogen-bond donors (Lipinski definition) is 2. The molecule has 0 aliphatic heterocycles. The van der Waals surface area contributed by atoms with Gasteiger partial charge < -0.3 is 15.8 Å². The van der Waals surface area contributed by atoms with E-state index in [0.29, 0.717) is 0 Å². The molecule has 0 aromatic heterocycles. The van der Waals surface area contributed by atoms with Crippen LogP contribution in [0.4, 0.5) is 4.79 Å². The monoisotopic (exact) mass is 262 g/mol. The lowest BCUT2D eigenvalue weighted by Crippen LogP contribution is -2.47. The van der Waals surface area contributed by atoms with Crippen LogP contribution in [0.25, 0.3) is 0 Å². The van der Waals surface area contributed by atoms with Gasteiger partial charge in [0.2, 0.25) is 0 Å².